The third-order valence-corrected chi connectivity index (χ3v) is 5.31. The molecule has 2 aromatic rings. The van der Waals surface area contributed by atoms with E-state index in [0.717, 1.165) is 17.0 Å². The van der Waals surface area contributed by atoms with Gasteiger partial charge >= 0.3 is 0 Å². The van der Waals surface area contributed by atoms with Crippen LogP contribution in [0.2, 0.25) is 5.02 Å². The average Bonchev–Trinajstić information content (AvgIpc) is 3.27. The fourth-order valence-corrected chi connectivity index (χ4v) is 3.46. The molecule has 0 bridgehead atoms. The van der Waals surface area contributed by atoms with Crippen LogP contribution < -0.4 is 22.2 Å². The summed E-state index contributed by atoms with van der Waals surface area (Å²) in [6, 6.07) is 11.0. The first-order valence-electron chi connectivity index (χ1n) is 10.5. The Bertz CT molecular complexity index is 932. The van der Waals surface area contributed by atoms with E-state index in [4.69, 9.17) is 27.8 Å². The molecule has 0 radical (unpaired) electrons. The van der Waals surface area contributed by atoms with Crippen molar-refractivity contribution in [3.8, 4) is 11.3 Å². The van der Waals surface area contributed by atoms with Crippen LogP contribution in [0.4, 0.5) is 0 Å². The molecule has 10 heteroatoms. The number of benzene rings is 1. The van der Waals surface area contributed by atoms with Gasteiger partial charge in [0.25, 0.3) is 5.91 Å². The number of aromatic amines is 1. The summed E-state index contributed by atoms with van der Waals surface area (Å²) in [6.45, 7) is 7.04. The van der Waals surface area contributed by atoms with Crippen LogP contribution in [0.1, 0.15) is 18.5 Å². The number of hydrazine groups is 1. The Morgan fingerprint density at radius 2 is 1.94 bits per heavy atom. The van der Waals surface area contributed by atoms with E-state index >= 15 is 0 Å². The quantitative estimate of drug-likeness (QED) is 0.208. The van der Waals surface area contributed by atoms with Gasteiger partial charge < -0.3 is 26.5 Å². The molecule has 9 nitrogen and oxygen atoms in total. The van der Waals surface area contributed by atoms with Crippen molar-refractivity contribution >= 4 is 29.2 Å². The Hall–Kier alpha value is -3.01. The SMILES string of the molecule is C=C(N[C@@H](CCCN=C(N)N)C(=O)NN1CCOCC1)c1ccc(-c2ccc(Cl)cc2)[nH]1. The molecular weight excluding hydrogens is 430 g/mol. The van der Waals surface area contributed by atoms with Crippen molar-refractivity contribution in [1.29, 1.82) is 0 Å². The number of hydrogen-bond donors (Lipinski definition) is 5. The number of carbonyl (C=O) groups is 1. The Labute approximate surface area is 192 Å². The van der Waals surface area contributed by atoms with Crippen molar-refractivity contribution in [2.45, 2.75) is 18.9 Å². The van der Waals surface area contributed by atoms with Gasteiger partial charge in [-0.2, -0.15) is 0 Å². The summed E-state index contributed by atoms with van der Waals surface area (Å²) in [5.74, 6) is -0.0972. The molecule has 0 aliphatic carbocycles. The molecule has 172 valence electrons. The topological polar surface area (TPSA) is 134 Å². The van der Waals surface area contributed by atoms with Gasteiger partial charge in [-0.05, 0) is 42.7 Å². The highest BCUT2D eigenvalue weighted by Gasteiger charge is 2.22. The lowest BCUT2D eigenvalue weighted by Gasteiger charge is -2.29. The first-order chi connectivity index (χ1) is 15.4. The zero-order valence-electron chi connectivity index (χ0n) is 17.9. The van der Waals surface area contributed by atoms with E-state index in [1.165, 1.54) is 0 Å². The predicted molar refractivity (Wildman–Crippen MR) is 128 cm³/mol. The molecule has 1 aliphatic heterocycles. The monoisotopic (exact) mass is 459 g/mol. The van der Waals surface area contributed by atoms with Gasteiger partial charge in [0.1, 0.15) is 6.04 Å². The van der Waals surface area contributed by atoms with Gasteiger partial charge in [0.15, 0.2) is 5.96 Å². The molecular formula is C22H30ClN7O2. The number of nitrogens with one attached hydrogen (secondary N) is 3. The molecule has 0 saturated carbocycles. The summed E-state index contributed by atoms with van der Waals surface area (Å²) in [6.07, 6.45) is 1.18. The van der Waals surface area contributed by atoms with Crippen molar-refractivity contribution in [2.75, 3.05) is 32.8 Å². The van der Waals surface area contributed by atoms with Crippen LogP contribution in [0.15, 0.2) is 48.0 Å². The number of halogens is 1. The Morgan fingerprint density at radius 1 is 1.22 bits per heavy atom. The number of guanidine groups is 1. The second-order valence-corrected chi connectivity index (χ2v) is 7.93. The van der Waals surface area contributed by atoms with Crippen molar-refractivity contribution < 1.29 is 9.53 Å². The van der Waals surface area contributed by atoms with Gasteiger partial charge in [-0.1, -0.05) is 30.3 Å². The highest BCUT2D eigenvalue weighted by Crippen LogP contribution is 2.22. The molecule has 1 atom stereocenters. The number of nitrogens with zero attached hydrogens (tertiary/aromatic N) is 2. The third-order valence-electron chi connectivity index (χ3n) is 5.06. The predicted octanol–water partition coefficient (Wildman–Crippen LogP) is 1.68. The molecule has 1 aromatic carbocycles. The summed E-state index contributed by atoms with van der Waals surface area (Å²) >= 11 is 5.98. The number of rotatable bonds is 10. The van der Waals surface area contributed by atoms with Crippen molar-refractivity contribution in [1.82, 2.24) is 20.7 Å². The zero-order valence-corrected chi connectivity index (χ0v) is 18.7. The summed E-state index contributed by atoms with van der Waals surface area (Å²) in [4.78, 5) is 20.3. The minimum atomic E-state index is -0.498. The molecule has 1 saturated heterocycles. The standard InChI is InChI=1S/C22H30ClN7O2/c1-15(18-8-9-19(28-18)16-4-6-17(23)7-5-16)27-20(3-2-10-26-22(24)25)21(31)29-30-11-13-32-14-12-30/h4-9,20,27-28H,1-3,10-14H2,(H,29,31)(H4,24,25,26)/t20-/m0/s1. The van der Waals surface area contributed by atoms with E-state index in [-0.39, 0.29) is 11.9 Å². The number of carbonyl (C=O) groups excluding carboxylic acids is 1. The fourth-order valence-electron chi connectivity index (χ4n) is 3.34. The molecule has 2 heterocycles. The van der Waals surface area contributed by atoms with Gasteiger partial charge in [0.05, 0.1) is 24.6 Å². The summed E-state index contributed by atoms with van der Waals surface area (Å²) < 4.78 is 5.34. The van der Waals surface area contributed by atoms with E-state index in [1.807, 2.05) is 41.4 Å². The third kappa shape index (κ3) is 7.01. The molecule has 1 aromatic heterocycles. The number of ether oxygens (including phenoxy) is 1. The zero-order chi connectivity index (χ0) is 22.9. The molecule has 1 fully saturated rings. The summed E-state index contributed by atoms with van der Waals surface area (Å²) in [5.41, 5.74) is 17.1. The summed E-state index contributed by atoms with van der Waals surface area (Å²) in [5, 5.41) is 5.81. The van der Waals surface area contributed by atoms with E-state index in [0.29, 0.717) is 56.4 Å². The molecule has 1 amide bonds. The number of nitrogens with two attached hydrogens (primary N) is 2. The van der Waals surface area contributed by atoms with E-state index in [1.54, 1.807) is 0 Å². The number of H-pyrrole nitrogens is 1. The number of hydrogen-bond acceptors (Lipinski definition) is 5. The number of aromatic nitrogens is 1. The molecule has 32 heavy (non-hydrogen) atoms. The number of amides is 1. The van der Waals surface area contributed by atoms with E-state index in [9.17, 15) is 4.79 Å². The number of aliphatic imine (C=N–C) groups is 1. The van der Waals surface area contributed by atoms with Crippen LogP contribution in [0.25, 0.3) is 17.0 Å². The maximum atomic E-state index is 13.0. The minimum absolute atomic E-state index is 0.0396. The van der Waals surface area contributed by atoms with Crippen molar-refractivity contribution in [3.05, 3.63) is 53.7 Å². The van der Waals surface area contributed by atoms with Gasteiger partial charge in [-0.15, -0.1) is 0 Å². The first kappa shape index (κ1) is 23.6. The normalized spacial score (nSPS) is 15.0. The summed E-state index contributed by atoms with van der Waals surface area (Å²) in [7, 11) is 0. The Kier molecular flexibility index (Phi) is 8.55. The van der Waals surface area contributed by atoms with Gasteiger partial charge in [0, 0.05) is 30.4 Å². The van der Waals surface area contributed by atoms with E-state index < -0.39 is 6.04 Å². The lowest BCUT2D eigenvalue weighted by Crippen LogP contribution is -2.54. The second-order valence-electron chi connectivity index (χ2n) is 7.49. The van der Waals surface area contributed by atoms with Crippen LogP contribution in [0, 0.1) is 0 Å². The maximum absolute atomic E-state index is 13.0. The van der Waals surface area contributed by atoms with Crippen LogP contribution in [-0.4, -0.2) is 60.7 Å². The maximum Gasteiger partial charge on any atom is 0.256 e. The minimum Gasteiger partial charge on any atom is -0.379 e. The Balaban J connectivity index is 1.65. The lowest BCUT2D eigenvalue weighted by molar-refractivity contribution is -0.130. The van der Waals surface area contributed by atoms with Crippen LogP contribution in [-0.2, 0) is 9.53 Å². The van der Waals surface area contributed by atoms with Crippen LogP contribution in [0.3, 0.4) is 0 Å². The van der Waals surface area contributed by atoms with Crippen LogP contribution in [0.5, 0.6) is 0 Å². The molecule has 3 rings (SSSR count). The average molecular weight is 460 g/mol. The lowest BCUT2D eigenvalue weighted by atomic mass is 10.1. The number of morpholine rings is 1. The van der Waals surface area contributed by atoms with Gasteiger partial charge in [0.2, 0.25) is 0 Å². The van der Waals surface area contributed by atoms with Gasteiger partial charge in [-0.3, -0.25) is 15.2 Å². The molecule has 0 spiro atoms. The highest BCUT2D eigenvalue weighted by molar-refractivity contribution is 6.30. The molecule has 0 unspecified atom stereocenters. The first-order valence-corrected chi connectivity index (χ1v) is 10.9. The van der Waals surface area contributed by atoms with Gasteiger partial charge in [-0.25, -0.2) is 5.01 Å². The van der Waals surface area contributed by atoms with Crippen LogP contribution >= 0.6 is 11.6 Å². The molecule has 7 N–H and O–H groups in total. The van der Waals surface area contributed by atoms with E-state index in [2.05, 4.69) is 27.3 Å². The Morgan fingerprint density at radius 3 is 2.62 bits per heavy atom. The van der Waals surface area contributed by atoms with Crippen molar-refractivity contribution in [2.24, 2.45) is 16.5 Å². The van der Waals surface area contributed by atoms with Crippen molar-refractivity contribution in [3.63, 3.8) is 0 Å². The fraction of sp³-hybridized carbons (Fsp3) is 0.364. The smallest absolute Gasteiger partial charge is 0.256 e. The molecule has 1 aliphatic rings. The second kappa shape index (κ2) is 11.6. The highest BCUT2D eigenvalue weighted by atomic mass is 35.5. The largest absolute Gasteiger partial charge is 0.379 e.